The lowest BCUT2D eigenvalue weighted by Gasteiger charge is -2.36. The van der Waals surface area contributed by atoms with Gasteiger partial charge in [0.15, 0.2) is 0 Å². The number of Topliss-reactive ketones (excluding diaryl/α,β-unsaturated/α-hetero) is 1. The van der Waals surface area contributed by atoms with Crippen LogP contribution in [-0.2, 0) is 49.5 Å². The number of benzene rings is 2. The van der Waals surface area contributed by atoms with Gasteiger partial charge in [0.2, 0.25) is 35.3 Å². The number of carbonyl (C=O) groups excluding carboxylic acids is 7. The molecule has 4 bridgehead atoms. The van der Waals surface area contributed by atoms with E-state index in [2.05, 4.69) is 21.3 Å². The SMILES string of the molecule is CCCC(NC(=O)[C@@H]1C[C@@H]2CN1C(=O)[C@H](C1CCCC(C(=O)O)C1)NC(=O)Cc1cccc(c1)OCCCO2)C(=O)C(=O)NCC(=O)N[C@H](C(=O)N(C)C)c1ccccc1. The van der Waals surface area contributed by atoms with Gasteiger partial charge in [0.05, 0.1) is 44.2 Å². The highest BCUT2D eigenvalue weighted by atomic mass is 16.5. The number of carbonyl (C=O) groups is 8. The number of likely N-dealkylation sites (N-methyl/N-ethyl adjacent to an activating group) is 1. The average Bonchev–Trinajstić information content (AvgIpc) is 3.67. The van der Waals surface area contributed by atoms with Crippen LogP contribution in [0.5, 0.6) is 5.75 Å². The van der Waals surface area contributed by atoms with Crippen LogP contribution in [0, 0.1) is 11.8 Å². The van der Waals surface area contributed by atoms with Gasteiger partial charge in [-0.15, -0.1) is 0 Å². The van der Waals surface area contributed by atoms with Gasteiger partial charge in [0, 0.05) is 33.5 Å². The molecule has 2 fully saturated rings. The smallest absolute Gasteiger partial charge is 0.306 e. The summed E-state index contributed by atoms with van der Waals surface area (Å²) in [5.74, 6) is -6.66. The molecule has 6 amide bonds. The summed E-state index contributed by atoms with van der Waals surface area (Å²) in [5.41, 5.74) is 1.17. The number of nitrogens with zero attached hydrogens (tertiary/aromatic N) is 2. The minimum Gasteiger partial charge on any atom is -0.493 e. The van der Waals surface area contributed by atoms with E-state index in [1.54, 1.807) is 75.6 Å². The number of ketones is 1. The Labute approximate surface area is 349 Å². The summed E-state index contributed by atoms with van der Waals surface area (Å²) in [7, 11) is 3.09. The highest BCUT2D eigenvalue weighted by molar-refractivity contribution is 6.38. The Kier molecular flexibility index (Phi) is 16.2. The highest BCUT2D eigenvalue weighted by Crippen LogP contribution is 2.34. The molecule has 60 heavy (non-hydrogen) atoms. The van der Waals surface area contributed by atoms with Crippen molar-refractivity contribution in [1.29, 1.82) is 0 Å². The first-order valence-corrected chi connectivity index (χ1v) is 20.6. The van der Waals surface area contributed by atoms with Crippen LogP contribution in [0.15, 0.2) is 54.6 Å². The van der Waals surface area contributed by atoms with Gasteiger partial charge in [-0.2, -0.15) is 0 Å². The van der Waals surface area contributed by atoms with Gasteiger partial charge in [-0.3, -0.25) is 38.4 Å². The van der Waals surface area contributed by atoms with E-state index in [-0.39, 0.29) is 38.8 Å². The summed E-state index contributed by atoms with van der Waals surface area (Å²) in [5, 5.41) is 20.3. The van der Waals surface area contributed by atoms with Gasteiger partial charge in [-0.05, 0) is 54.9 Å². The molecule has 17 heteroatoms. The van der Waals surface area contributed by atoms with Crippen molar-refractivity contribution in [3.63, 3.8) is 0 Å². The number of amides is 6. The molecule has 17 nitrogen and oxygen atoms in total. The van der Waals surface area contributed by atoms with Crippen LogP contribution in [0.25, 0.3) is 0 Å². The minimum absolute atomic E-state index is 0.0133. The van der Waals surface area contributed by atoms with Crippen molar-refractivity contribution in [2.45, 2.75) is 95.0 Å². The van der Waals surface area contributed by atoms with E-state index in [9.17, 15) is 43.5 Å². The Bertz CT molecular complexity index is 1890. The van der Waals surface area contributed by atoms with Gasteiger partial charge in [0.1, 0.15) is 23.9 Å². The standard InChI is InChI=1S/C43H56N6O11/c1-4-11-32(38(52)40(54)44-24-35(51)47-36(41(55)48(2)3)27-13-6-5-7-14-27)45-39(53)33-23-31-25-49(33)42(56)37(28-15-9-16-29(22-28)43(57)58)46-34(50)21-26-12-8-17-30(20-26)59-18-10-19-60-31/h5-8,12-14,17,20,28-29,31-33,36-37H,4,9-11,15-16,18-19,21-25H2,1-3H3,(H,44,54)(H,45,53)(H,46,50)(H,47,51)(H,57,58)/t28?,29?,31-,32?,33+,36+,37+/m1/s1. The second-order valence-electron chi connectivity index (χ2n) is 15.8. The first-order chi connectivity index (χ1) is 28.7. The molecule has 2 aromatic rings. The van der Waals surface area contributed by atoms with Crippen molar-refractivity contribution >= 4 is 47.2 Å². The summed E-state index contributed by atoms with van der Waals surface area (Å²) in [6.07, 6.45) is 1.93. The molecule has 0 radical (unpaired) electrons. The second-order valence-corrected chi connectivity index (χ2v) is 15.8. The first kappa shape index (κ1) is 45.2. The third-order valence-electron chi connectivity index (χ3n) is 11.1. The fourth-order valence-corrected chi connectivity index (χ4v) is 8.01. The van der Waals surface area contributed by atoms with Crippen molar-refractivity contribution in [1.82, 2.24) is 31.1 Å². The Morgan fingerprint density at radius 1 is 0.950 bits per heavy atom. The Morgan fingerprint density at radius 3 is 2.43 bits per heavy atom. The van der Waals surface area contributed by atoms with E-state index in [0.29, 0.717) is 55.6 Å². The largest absolute Gasteiger partial charge is 0.493 e. The molecule has 3 unspecified atom stereocenters. The van der Waals surface area contributed by atoms with Crippen LogP contribution < -0.4 is 26.0 Å². The number of aliphatic carboxylic acids is 1. The molecule has 3 aliphatic rings. The number of carboxylic acids is 1. The Hall–Kier alpha value is -5.84. The fourth-order valence-electron chi connectivity index (χ4n) is 8.01. The third-order valence-corrected chi connectivity index (χ3v) is 11.1. The lowest BCUT2D eigenvalue weighted by molar-refractivity contribution is -0.147. The van der Waals surface area contributed by atoms with E-state index in [0.717, 1.165) is 0 Å². The topological polar surface area (TPSA) is 230 Å². The fraction of sp³-hybridized carbons (Fsp3) is 0.535. The van der Waals surface area contributed by atoms with Crippen LogP contribution in [0.4, 0.5) is 0 Å². The van der Waals surface area contributed by atoms with E-state index in [1.165, 1.54) is 9.80 Å². The Balaban J connectivity index is 1.32. The van der Waals surface area contributed by atoms with E-state index >= 15 is 0 Å². The summed E-state index contributed by atoms with van der Waals surface area (Å²) in [6, 6.07) is 10.9. The highest BCUT2D eigenvalue weighted by Gasteiger charge is 2.46. The van der Waals surface area contributed by atoms with Crippen LogP contribution in [0.2, 0.25) is 0 Å². The van der Waals surface area contributed by atoms with E-state index in [1.807, 2.05) is 0 Å². The van der Waals surface area contributed by atoms with E-state index < -0.39 is 95.8 Å². The van der Waals surface area contributed by atoms with Crippen molar-refractivity contribution < 1.29 is 52.9 Å². The third kappa shape index (κ3) is 12.1. The molecule has 324 valence electrons. The van der Waals surface area contributed by atoms with Crippen LogP contribution in [0.1, 0.15) is 75.5 Å². The summed E-state index contributed by atoms with van der Waals surface area (Å²) < 4.78 is 12.0. The number of carboxylic acid groups (broad SMARTS) is 1. The first-order valence-electron chi connectivity index (χ1n) is 20.6. The summed E-state index contributed by atoms with van der Waals surface area (Å²) in [6.45, 7) is 1.69. The quantitative estimate of drug-likeness (QED) is 0.181. The van der Waals surface area contributed by atoms with Gasteiger partial charge in [-0.25, -0.2) is 0 Å². The maximum Gasteiger partial charge on any atom is 0.306 e. The van der Waals surface area contributed by atoms with Gasteiger partial charge >= 0.3 is 5.97 Å². The van der Waals surface area contributed by atoms with E-state index in [4.69, 9.17) is 9.47 Å². The molecule has 1 saturated heterocycles. The lowest BCUT2D eigenvalue weighted by Crippen LogP contribution is -2.58. The average molecular weight is 833 g/mol. The van der Waals surface area contributed by atoms with Gasteiger partial charge < -0.3 is 45.6 Å². The molecule has 0 aromatic heterocycles. The number of fused-ring (bicyclic) bond motifs is 4. The van der Waals surface area contributed by atoms with Crippen molar-refractivity contribution in [3.05, 3.63) is 65.7 Å². The number of hydrogen-bond donors (Lipinski definition) is 5. The van der Waals surface area contributed by atoms with Gasteiger partial charge in [0.25, 0.3) is 5.91 Å². The van der Waals surface area contributed by atoms with Crippen molar-refractivity contribution in [2.75, 3.05) is 40.4 Å². The maximum atomic E-state index is 14.7. The summed E-state index contributed by atoms with van der Waals surface area (Å²) in [4.78, 5) is 110. The normalized spacial score (nSPS) is 23.2. The summed E-state index contributed by atoms with van der Waals surface area (Å²) >= 11 is 0. The minimum atomic E-state index is -1.31. The molecule has 1 saturated carbocycles. The zero-order valence-electron chi connectivity index (χ0n) is 34.4. The maximum absolute atomic E-state index is 14.7. The zero-order valence-corrected chi connectivity index (χ0v) is 34.4. The molecular weight excluding hydrogens is 777 g/mol. The predicted molar refractivity (Wildman–Crippen MR) is 216 cm³/mol. The molecular formula is C43H56N6O11. The number of hydrogen-bond acceptors (Lipinski definition) is 10. The molecule has 5 rings (SSSR count). The molecule has 2 heterocycles. The second kappa shape index (κ2) is 21.4. The van der Waals surface area contributed by atoms with Gasteiger partial charge in [-0.1, -0.05) is 62.2 Å². The van der Waals surface area contributed by atoms with Crippen molar-refractivity contribution in [3.8, 4) is 5.75 Å². The Morgan fingerprint density at radius 2 is 1.72 bits per heavy atom. The monoisotopic (exact) mass is 832 g/mol. The predicted octanol–water partition coefficient (Wildman–Crippen LogP) is 1.29. The molecule has 5 N–H and O–H groups in total. The molecule has 2 aromatic carbocycles. The lowest BCUT2D eigenvalue weighted by atomic mass is 9.77. The van der Waals surface area contributed by atoms with Crippen molar-refractivity contribution in [2.24, 2.45) is 11.8 Å². The molecule has 0 spiro atoms. The molecule has 1 aliphatic carbocycles. The van der Waals surface area contributed by atoms with Crippen LogP contribution >= 0.6 is 0 Å². The zero-order chi connectivity index (χ0) is 43.3. The van der Waals surface area contributed by atoms with Crippen LogP contribution in [-0.4, -0.2) is 127 Å². The van der Waals surface area contributed by atoms with Crippen LogP contribution in [0.3, 0.4) is 0 Å². The molecule has 2 aliphatic heterocycles. The molecule has 7 atom stereocenters. The number of ether oxygens (including phenoxy) is 2. The number of rotatable bonds is 13. The number of nitrogens with one attached hydrogen (secondary N) is 4.